The number of benzene rings is 2. The van der Waals surface area contributed by atoms with E-state index < -0.39 is 16.6 Å². The smallest absolute Gasteiger partial charge is 0.128 e. The van der Waals surface area contributed by atoms with Gasteiger partial charge >= 0.3 is 0 Å². The molecule has 20 heavy (non-hydrogen) atoms. The normalized spacial score (nSPS) is 11.8. The molecule has 1 atom stereocenters. The maximum atomic E-state index is 13.7. The third-order valence-electron chi connectivity index (χ3n) is 3.08. The molecular weight excluding hydrogens is 273 g/mol. The van der Waals surface area contributed by atoms with Crippen LogP contribution in [0.4, 0.5) is 4.39 Å². The molecule has 0 bridgehead atoms. The van der Waals surface area contributed by atoms with Crippen LogP contribution >= 0.6 is 0 Å². The van der Waals surface area contributed by atoms with Crippen LogP contribution in [0.25, 0.3) is 0 Å². The summed E-state index contributed by atoms with van der Waals surface area (Å²) >= 11 is 0. The van der Waals surface area contributed by atoms with Crippen LogP contribution in [0, 0.1) is 24.1 Å². The van der Waals surface area contributed by atoms with Crippen molar-refractivity contribution in [3.05, 3.63) is 70.5 Å². The largest absolute Gasteiger partial charge is 0.259 e. The van der Waals surface area contributed by atoms with Gasteiger partial charge in [-0.2, -0.15) is 5.26 Å². The minimum Gasteiger partial charge on any atom is -0.259 e. The standard InChI is InChI=1S/C16H14FNOS/c1-12-4-2-3-5-14(12)10-20(19)11-15-7-6-13(9-18)8-16(15)17/h2-8H,10-11H2,1H3. The van der Waals surface area contributed by atoms with Gasteiger partial charge in [0.25, 0.3) is 0 Å². The molecule has 0 aromatic heterocycles. The SMILES string of the molecule is Cc1ccccc1CS(=O)Cc1ccc(C#N)cc1F. The van der Waals surface area contributed by atoms with Crippen molar-refractivity contribution in [2.45, 2.75) is 18.4 Å². The molecule has 0 fully saturated rings. The molecule has 1 unspecified atom stereocenters. The zero-order valence-electron chi connectivity index (χ0n) is 11.1. The Hall–Kier alpha value is -1.99. The highest BCUT2D eigenvalue weighted by atomic mass is 32.2. The predicted molar refractivity (Wildman–Crippen MR) is 77.8 cm³/mol. The molecular formula is C16H14FNOS. The van der Waals surface area contributed by atoms with Gasteiger partial charge in [0.2, 0.25) is 0 Å². The van der Waals surface area contributed by atoms with Gasteiger partial charge in [-0.25, -0.2) is 4.39 Å². The molecule has 0 radical (unpaired) electrons. The first-order valence-electron chi connectivity index (χ1n) is 6.18. The van der Waals surface area contributed by atoms with Gasteiger partial charge in [0, 0.05) is 22.1 Å². The summed E-state index contributed by atoms with van der Waals surface area (Å²) in [5.41, 5.74) is 2.76. The van der Waals surface area contributed by atoms with Crippen LogP contribution in [0.1, 0.15) is 22.3 Å². The maximum Gasteiger partial charge on any atom is 0.128 e. The summed E-state index contributed by atoms with van der Waals surface area (Å²) in [4.78, 5) is 0. The van der Waals surface area contributed by atoms with Crippen molar-refractivity contribution in [3.63, 3.8) is 0 Å². The molecule has 0 amide bonds. The van der Waals surface area contributed by atoms with Gasteiger partial charge in [-0.3, -0.25) is 4.21 Å². The van der Waals surface area contributed by atoms with Gasteiger partial charge in [0.1, 0.15) is 5.82 Å². The number of rotatable bonds is 4. The Labute approximate surface area is 120 Å². The van der Waals surface area contributed by atoms with Crippen molar-refractivity contribution in [1.82, 2.24) is 0 Å². The minimum absolute atomic E-state index is 0.159. The monoisotopic (exact) mass is 287 g/mol. The van der Waals surface area contributed by atoms with E-state index in [1.54, 1.807) is 6.07 Å². The summed E-state index contributed by atoms with van der Waals surface area (Å²) < 4.78 is 25.9. The van der Waals surface area contributed by atoms with E-state index >= 15 is 0 Å². The maximum absolute atomic E-state index is 13.7. The highest BCUT2D eigenvalue weighted by molar-refractivity contribution is 7.83. The van der Waals surface area contributed by atoms with Crippen LogP contribution in [0.3, 0.4) is 0 Å². The average Bonchev–Trinajstić information content (AvgIpc) is 2.43. The Morgan fingerprint density at radius 3 is 2.50 bits per heavy atom. The van der Waals surface area contributed by atoms with Crippen molar-refractivity contribution >= 4 is 10.8 Å². The van der Waals surface area contributed by atoms with Crippen molar-refractivity contribution < 1.29 is 8.60 Å². The molecule has 102 valence electrons. The Morgan fingerprint density at radius 2 is 1.85 bits per heavy atom. The second-order valence-electron chi connectivity index (χ2n) is 4.57. The molecule has 2 aromatic rings. The number of hydrogen-bond acceptors (Lipinski definition) is 2. The third-order valence-corrected chi connectivity index (χ3v) is 4.34. The van der Waals surface area contributed by atoms with Crippen molar-refractivity contribution in [2.75, 3.05) is 0 Å². The molecule has 0 saturated carbocycles. The summed E-state index contributed by atoms with van der Waals surface area (Å²) in [7, 11) is -1.17. The van der Waals surface area contributed by atoms with Crippen LogP contribution in [0.15, 0.2) is 42.5 Å². The first-order chi connectivity index (χ1) is 9.60. The quantitative estimate of drug-likeness (QED) is 0.864. The number of aryl methyl sites for hydroxylation is 1. The van der Waals surface area contributed by atoms with Gasteiger partial charge in [0.05, 0.1) is 17.4 Å². The molecule has 0 N–H and O–H groups in total. The molecule has 2 aromatic carbocycles. The molecule has 2 rings (SSSR count). The van der Waals surface area contributed by atoms with E-state index in [0.717, 1.165) is 11.1 Å². The first-order valence-corrected chi connectivity index (χ1v) is 7.67. The van der Waals surface area contributed by atoms with E-state index in [0.29, 0.717) is 11.3 Å². The zero-order chi connectivity index (χ0) is 14.5. The van der Waals surface area contributed by atoms with Crippen LogP contribution in [-0.2, 0) is 22.3 Å². The number of nitrogens with zero attached hydrogens (tertiary/aromatic N) is 1. The van der Waals surface area contributed by atoms with Crippen molar-refractivity contribution in [3.8, 4) is 6.07 Å². The van der Waals surface area contributed by atoms with E-state index in [2.05, 4.69) is 0 Å². The Balaban J connectivity index is 2.09. The van der Waals surface area contributed by atoms with Crippen LogP contribution < -0.4 is 0 Å². The van der Waals surface area contributed by atoms with Crippen molar-refractivity contribution in [1.29, 1.82) is 5.26 Å². The number of nitriles is 1. The Kier molecular flexibility index (Phi) is 4.65. The Bertz CT molecular complexity index is 691. The molecule has 2 nitrogen and oxygen atoms in total. The third kappa shape index (κ3) is 3.52. The zero-order valence-corrected chi connectivity index (χ0v) is 11.9. The van der Waals surface area contributed by atoms with Gasteiger partial charge in [-0.05, 0) is 30.2 Å². The summed E-state index contributed by atoms with van der Waals surface area (Å²) in [6.45, 7) is 1.97. The first kappa shape index (κ1) is 14.4. The fraction of sp³-hybridized carbons (Fsp3) is 0.188. The predicted octanol–water partition coefficient (Wildman–Crippen LogP) is 3.45. The molecule has 0 aliphatic rings. The van der Waals surface area contributed by atoms with E-state index in [1.807, 2.05) is 37.3 Å². The lowest BCUT2D eigenvalue weighted by atomic mass is 10.1. The molecule has 0 aliphatic carbocycles. The van der Waals surface area contributed by atoms with Gasteiger partial charge in [-0.15, -0.1) is 0 Å². The molecule has 4 heteroatoms. The van der Waals surface area contributed by atoms with Gasteiger partial charge in [-0.1, -0.05) is 30.3 Å². The number of hydrogen-bond donors (Lipinski definition) is 0. The molecule has 0 saturated heterocycles. The lowest BCUT2D eigenvalue weighted by molar-refractivity contribution is 0.614. The minimum atomic E-state index is -1.17. The molecule has 0 spiro atoms. The van der Waals surface area contributed by atoms with E-state index in [1.165, 1.54) is 12.1 Å². The topological polar surface area (TPSA) is 40.9 Å². The summed E-state index contributed by atoms with van der Waals surface area (Å²) in [5, 5.41) is 8.68. The van der Waals surface area contributed by atoms with E-state index in [-0.39, 0.29) is 11.3 Å². The highest BCUT2D eigenvalue weighted by Gasteiger charge is 2.09. The van der Waals surface area contributed by atoms with Crippen LogP contribution in [0.2, 0.25) is 0 Å². The van der Waals surface area contributed by atoms with Crippen molar-refractivity contribution in [2.24, 2.45) is 0 Å². The second-order valence-corrected chi connectivity index (χ2v) is 6.03. The van der Waals surface area contributed by atoms with E-state index in [9.17, 15) is 8.60 Å². The van der Waals surface area contributed by atoms with Gasteiger partial charge in [0.15, 0.2) is 0 Å². The fourth-order valence-corrected chi connectivity index (χ4v) is 3.26. The summed E-state index contributed by atoms with van der Waals surface area (Å²) in [6.07, 6.45) is 0. The van der Waals surface area contributed by atoms with Gasteiger partial charge < -0.3 is 0 Å². The summed E-state index contributed by atoms with van der Waals surface area (Å²) in [6, 6.07) is 13.9. The van der Waals surface area contributed by atoms with Crippen LogP contribution in [0.5, 0.6) is 0 Å². The fourth-order valence-electron chi connectivity index (χ4n) is 1.90. The average molecular weight is 287 g/mol. The van der Waals surface area contributed by atoms with Crippen LogP contribution in [-0.4, -0.2) is 4.21 Å². The van der Waals surface area contributed by atoms with E-state index in [4.69, 9.17) is 5.26 Å². The highest BCUT2D eigenvalue weighted by Crippen LogP contribution is 2.15. The lowest BCUT2D eigenvalue weighted by Gasteiger charge is -2.07. The molecule has 0 heterocycles. The second kappa shape index (κ2) is 6.44. The number of halogens is 1. The summed E-state index contributed by atoms with van der Waals surface area (Å²) in [5.74, 6) is 0.0973. The molecule has 0 aliphatic heterocycles. The Morgan fingerprint density at radius 1 is 1.15 bits per heavy atom. The lowest BCUT2D eigenvalue weighted by Crippen LogP contribution is -2.03.